The Morgan fingerprint density at radius 2 is 1.81 bits per heavy atom. The molecule has 0 atom stereocenters. The standard InChI is InChI=1S/C24H20N6O/c1-15-13-28-30(14-15)21-7-3-5-18-17(21)9-8-16(2)22(18)31-23-19(6-4-11-26-23)20-10-12-27-24(25)29-20/h3-14H,1-2H3,(H2,25,27,29). The molecule has 0 unspecified atom stereocenters. The van der Waals surface area contributed by atoms with Gasteiger partial charge in [-0.15, -0.1) is 0 Å². The van der Waals surface area contributed by atoms with Crippen LogP contribution in [0.1, 0.15) is 11.1 Å². The Morgan fingerprint density at radius 1 is 0.903 bits per heavy atom. The van der Waals surface area contributed by atoms with Crippen LogP contribution in [-0.4, -0.2) is 24.7 Å². The molecule has 0 amide bonds. The zero-order valence-electron chi connectivity index (χ0n) is 17.1. The second-order valence-corrected chi connectivity index (χ2v) is 7.30. The van der Waals surface area contributed by atoms with Crippen LogP contribution in [0.15, 0.2) is 73.3 Å². The number of hydrogen-bond acceptors (Lipinski definition) is 6. The quantitative estimate of drug-likeness (QED) is 0.456. The first kappa shape index (κ1) is 18.7. The summed E-state index contributed by atoms with van der Waals surface area (Å²) in [5.74, 6) is 1.40. The van der Waals surface area contributed by atoms with Gasteiger partial charge in [-0.1, -0.05) is 24.3 Å². The van der Waals surface area contributed by atoms with Gasteiger partial charge in [0.05, 0.1) is 23.1 Å². The Hall–Kier alpha value is -4.26. The third kappa shape index (κ3) is 3.46. The first-order valence-corrected chi connectivity index (χ1v) is 9.86. The molecular formula is C24H20N6O. The van der Waals surface area contributed by atoms with E-state index in [4.69, 9.17) is 10.5 Å². The van der Waals surface area contributed by atoms with E-state index in [0.717, 1.165) is 38.9 Å². The molecule has 31 heavy (non-hydrogen) atoms. The summed E-state index contributed by atoms with van der Waals surface area (Å²) in [7, 11) is 0. The van der Waals surface area contributed by atoms with Gasteiger partial charge in [0, 0.05) is 29.4 Å². The molecule has 2 aromatic carbocycles. The van der Waals surface area contributed by atoms with E-state index in [0.29, 0.717) is 11.6 Å². The number of anilines is 1. The van der Waals surface area contributed by atoms with Crippen molar-refractivity contribution in [3.05, 3.63) is 84.4 Å². The highest BCUT2D eigenvalue weighted by atomic mass is 16.5. The van der Waals surface area contributed by atoms with Crippen LogP contribution in [0.2, 0.25) is 0 Å². The molecule has 3 aromatic heterocycles. The number of ether oxygens (including phenoxy) is 1. The third-order valence-electron chi connectivity index (χ3n) is 5.06. The molecule has 0 aliphatic heterocycles. The lowest BCUT2D eigenvalue weighted by Crippen LogP contribution is -1.99. The molecule has 0 saturated carbocycles. The van der Waals surface area contributed by atoms with Crippen LogP contribution < -0.4 is 10.5 Å². The molecule has 0 saturated heterocycles. The minimum absolute atomic E-state index is 0.202. The van der Waals surface area contributed by atoms with Gasteiger partial charge < -0.3 is 10.5 Å². The molecule has 0 radical (unpaired) electrons. The van der Waals surface area contributed by atoms with E-state index in [1.165, 1.54) is 0 Å². The predicted molar refractivity (Wildman–Crippen MR) is 120 cm³/mol. The van der Waals surface area contributed by atoms with Gasteiger partial charge in [0.1, 0.15) is 5.75 Å². The Kier molecular flexibility index (Phi) is 4.55. The molecule has 2 N–H and O–H groups in total. The van der Waals surface area contributed by atoms with Crippen molar-refractivity contribution in [3.63, 3.8) is 0 Å². The maximum absolute atomic E-state index is 6.40. The molecule has 0 spiro atoms. The average Bonchev–Trinajstić information content (AvgIpc) is 3.21. The first-order chi connectivity index (χ1) is 15.1. The molecule has 5 rings (SSSR count). The number of aromatic nitrogens is 5. The van der Waals surface area contributed by atoms with Crippen LogP contribution in [0, 0.1) is 13.8 Å². The summed E-state index contributed by atoms with van der Waals surface area (Å²) in [4.78, 5) is 12.8. The summed E-state index contributed by atoms with van der Waals surface area (Å²) in [6, 6.07) is 15.8. The van der Waals surface area contributed by atoms with Crippen molar-refractivity contribution in [1.82, 2.24) is 24.7 Å². The Morgan fingerprint density at radius 3 is 2.61 bits per heavy atom. The van der Waals surface area contributed by atoms with Gasteiger partial charge >= 0.3 is 0 Å². The predicted octanol–water partition coefficient (Wildman–Crippen LogP) is 4.87. The zero-order chi connectivity index (χ0) is 21.4. The molecule has 0 fully saturated rings. The second-order valence-electron chi connectivity index (χ2n) is 7.30. The lowest BCUT2D eigenvalue weighted by atomic mass is 10.0. The number of aryl methyl sites for hydroxylation is 2. The van der Waals surface area contributed by atoms with E-state index in [1.807, 2.05) is 67.3 Å². The van der Waals surface area contributed by atoms with Crippen molar-refractivity contribution in [2.75, 3.05) is 5.73 Å². The maximum Gasteiger partial charge on any atom is 0.228 e. The summed E-state index contributed by atoms with van der Waals surface area (Å²) < 4.78 is 8.28. The van der Waals surface area contributed by atoms with Crippen LogP contribution in [0.5, 0.6) is 11.6 Å². The normalized spacial score (nSPS) is 11.0. The summed E-state index contributed by atoms with van der Waals surface area (Å²) in [6.45, 7) is 4.04. The van der Waals surface area contributed by atoms with E-state index in [9.17, 15) is 0 Å². The molecule has 5 aromatic rings. The molecule has 0 aliphatic carbocycles. The molecule has 3 heterocycles. The van der Waals surface area contributed by atoms with E-state index < -0.39 is 0 Å². The van der Waals surface area contributed by atoms with Gasteiger partial charge in [-0.2, -0.15) is 5.10 Å². The number of hydrogen-bond donors (Lipinski definition) is 1. The second kappa shape index (κ2) is 7.53. The van der Waals surface area contributed by atoms with Gasteiger partial charge in [0.2, 0.25) is 11.8 Å². The summed E-state index contributed by atoms with van der Waals surface area (Å²) in [5.41, 5.74) is 10.3. The van der Waals surface area contributed by atoms with Crippen LogP contribution in [0.3, 0.4) is 0 Å². The van der Waals surface area contributed by atoms with Gasteiger partial charge in [-0.25, -0.2) is 19.6 Å². The molecule has 152 valence electrons. The number of pyridine rings is 1. The van der Waals surface area contributed by atoms with Crippen LogP contribution in [0.4, 0.5) is 5.95 Å². The Balaban J connectivity index is 1.65. The number of benzene rings is 2. The van der Waals surface area contributed by atoms with Crippen molar-refractivity contribution in [1.29, 1.82) is 0 Å². The maximum atomic E-state index is 6.40. The average molecular weight is 408 g/mol. The largest absolute Gasteiger partial charge is 0.437 e. The minimum atomic E-state index is 0.202. The lowest BCUT2D eigenvalue weighted by Gasteiger charge is -2.15. The minimum Gasteiger partial charge on any atom is -0.437 e. The van der Waals surface area contributed by atoms with Crippen LogP contribution in [-0.2, 0) is 0 Å². The molecule has 0 aliphatic rings. The molecule has 0 bridgehead atoms. The third-order valence-corrected chi connectivity index (χ3v) is 5.06. The lowest BCUT2D eigenvalue weighted by molar-refractivity contribution is 0.466. The highest BCUT2D eigenvalue weighted by molar-refractivity contribution is 5.95. The first-order valence-electron chi connectivity index (χ1n) is 9.86. The summed E-state index contributed by atoms with van der Waals surface area (Å²) in [6.07, 6.45) is 7.17. The number of nitrogens with two attached hydrogens (primary N) is 1. The van der Waals surface area contributed by atoms with Crippen molar-refractivity contribution < 1.29 is 4.74 Å². The van der Waals surface area contributed by atoms with Crippen molar-refractivity contribution in [2.24, 2.45) is 0 Å². The van der Waals surface area contributed by atoms with E-state index in [2.05, 4.69) is 26.1 Å². The van der Waals surface area contributed by atoms with E-state index in [-0.39, 0.29) is 5.95 Å². The van der Waals surface area contributed by atoms with Crippen molar-refractivity contribution >= 4 is 16.7 Å². The van der Waals surface area contributed by atoms with Gasteiger partial charge in [0.25, 0.3) is 0 Å². The Bertz CT molecular complexity index is 1410. The van der Waals surface area contributed by atoms with Gasteiger partial charge in [0.15, 0.2) is 0 Å². The van der Waals surface area contributed by atoms with Crippen molar-refractivity contribution in [3.8, 4) is 28.6 Å². The molecule has 7 heteroatoms. The number of rotatable bonds is 4. The summed E-state index contributed by atoms with van der Waals surface area (Å²) >= 11 is 0. The molecular weight excluding hydrogens is 388 g/mol. The van der Waals surface area contributed by atoms with Crippen LogP contribution in [0.25, 0.3) is 27.7 Å². The van der Waals surface area contributed by atoms with Gasteiger partial charge in [-0.3, -0.25) is 0 Å². The fraction of sp³-hybridized carbons (Fsp3) is 0.0833. The smallest absolute Gasteiger partial charge is 0.228 e. The van der Waals surface area contributed by atoms with Crippen molar-refractivity contribution in [2.45, 2.75) is 13.8 Å². The number of nitrogen functional groups attached to an aromatic ring is 1. The zero-order valence-corrected chi connectivity index (χ0v) is 17.1. The number of nitrogens with zero attached hydrogens (tertiary/aromatic N) is 5. The highest BCUT2D eigenvalue weighted by Crippen LogP contribution is 2.38. The van der Waals surface area contributed by atoms with E-state index in [1.54, 1.807) is 18.5 Å². The van der Waals surface area contributed by atoms with Crippen LogP contribution >= 0.6 is 0 Å². The highest BCUT2D eigenvalue weighted by Gasteiger charge is 2.15. The molecule has 7 nitrogen and oxygen atoms in total. The topological polar surface area (TPSA) is 91.7 Å². The van der Waals surface area contributed by atoms with E-state index >= 15 is 0 Å². The number of fused-ring (bicyclic) bond motifs is 1. The fourth-order valence-corrected chi connectivity index (χ4v) is 3.59. The monoisotopic (exact) mass is 408 g/mol. The summed E-state index contributed by atoms with van der Waals surface area (Å²) in [5, 5.41) is 6.49. The Labute approximate surface area is 179 Å². The fourth-order valence-electron chi connectivity index (χ4n) is 3.59. The van der Waals surface area contributed by atoms with Gasteiger partial charge in [-0.05, 0) is 49.2 Å². The SMILES string of the molecule is Cc1cnn(-c2cccc3c(Oc4ncccc4-c4ccnc(N)n4)c(C)ccc23)c1.